The summed E-state index contributed by atoms with van der Waals surface area (Å²) in [6.45, 7) is 6.45. The molecule has 2 N–H and O–H groups in total. The lowest BCUT2D eigenvalue weighted by Gasteiger charge is -2.15. The molecule has 0 aromatic carbocycles. The van der Waals surface area contributed by atoms with Crippen LogP contribution < -0.4 is 5.73 Å². The minimum absolute atomic E-state index is 0.230. The van der Waals surface area contributed by atoms with Crippen LogP contribution in [0.5, 0.6) is 0 Å². The molecule has 1 unspecified atom stereocenters. The van der Waals surface area contributed by atoms with Crippen molar-refractivity contribution in [2.24, 2.45) is 11.7 Å². The Morgan fingerprint density at radius 3 is 2.14 bits per heavy atom. The van der Waals surface area contributed by atoms with Crippen molar-refractivity contribution in [1.82, 2.24) is 0 Å². The average Bonchev–Trinajstić information content (AvgIpc) is 2.11. The first-order valence-electron chi connectivity index (χ1n) is 5.35. The standard InChI is InChI=1S/C10H23NO2S/c1-4-10(5-7-11)14(12,13)8-6-9(2)3/h9-10H,4-8,11H2,1-3H3. The fourth-order valence-corrected chi connectivity index (χ4v) is 3.53. The Labute approximate surface area is 88.0 Å². The Hall–Kier alpha value is -0.0900. The van der Waals surface area contributed by atoms with Gasteiger partial charge in [-0.1, -0.05) is 20.8 Å². The monoisotopic (exact) mass is 221 g/mol. The first kappa shape index (κ1) is 13.9. The molecule has 1 atom stereocenters. The van der Waals surface area contributed by atoms with Gasteiger partial charge in [0.05, 0.1) is 11.0 Å². The molecule has 0 fully saturated rings. The van der Waals surface area contributed by atoms with Gasteiger partial charge in [-0.15, -0.1) is 0 Å². The van der Waals surface area contributed by atoms with Gasteiger partial charge in [0.15, 0.2) is 9.84 Å². The number of hydrogen-bond donors (Lipinski definition) is 1. The van der Waals surface area contributed by atoms with Crippen LogP contribution in [0, 0.1) is 5.92 Å². The predicted molar refractivity (Wildman–Crippen MR) is 61.0 cm³/mol. The summed E-state index contributed by atoms with van der Waals surface area (Å²) in [5.41, 5.74) is 5.39. The fraction of sp³-hybridized carbons (Fsp3) is 1.00. The molecular weight excluding hydrogens is 198 g/mol. The van der Waals surface area contributed by atoms with Gasteiger partial charge in [-0.2, -0.15) is 0 Å². The molecule has 0 heterocycles. The highest BCUT2D eigenvalue weighted by Gasteiger charge is 2.22. The Bertz CT molecular complexity index is 235. The molecule has 4 heteroatoms. The third-order valence-electron chi connectivity index (χ3n) is 2.43. The number of sulfone groups is 1. The van der Waals surface area contributed by atoms with Gasteiger partial charge in [0.25, 0.3) is 0 Å². The summed E-state index contributed by atoms with van der Waals surface area (Å²) in [6.07, 6.45) is 2.03. The van der Waals surface area contributed by atoms with Crippen molar-refractivity contribution < 1.29 is 8.42 Å². The van der Waals surface area contributed by atoms with E-state index in [1.807, 2.05) is 20.8 Å². The van der Waals surface area contributed by atoms with E-state index in [4.69, 9.17) is 5.73 Å². The van der Waals surface area contributed by atoms with E-state index >= 15 is 0 Å². The number of nitrogens with two attached hydrogens (primary N) is 1. The minimum Gasteiger partial charge on any atom is -0.330 e. The van der Waals surface area contributed by atoms with Crippen molar-refractivity contribution in [3.8, 4) is 0 Å². The van der Waals surface area contributed by atoms with Gasteiger partial charge in [0.1, 0.15) is 0 Å². The molecular formula is C10H23NO2S. The maximum Gasteiger partial charge on any atom is 0.153 e. The van der Waals surface area contributed by atoms with Crippen LogP contribution in [0.2, 0.25) is 0 Å². The van der Waals surface area contributed by atoms with Crippen LogP contribution in [0.1, 0.15) is 40.0 Å². The van der Waals surface area contributed by atoms with Gasteiger partial charge in [-0.05, 0) is 31.7 Å². The largest absolute Gasteiger partial charge is 0.330 e. The van der Waals surface area contributed by atoms with Gasteiger partial charge < -0.3 is 5.73 Å². The highest BCUT2D eigenvalue weighted by molar-refractivity contribution is 7.92. The van der Waals surface area contributed by atoms with Crippen molar-refractivity contribution in [1.29, 1.82) is 0 Å². The highest BCUT2D eigenvalue weighted by Crippen LogP contribution is 2.14. The van der Waals surface area contributed by atoms with E-state index < -0.39 is 9.84 Å². The van der Waals surface area contributed by atoms with E-state index in [0.29, 0.717) is 31.1 Å². The summed E-state index contributed by atoms with van der Waals surface area (Å²) in [4.78, 5) is 0. The van der Waals surface area contributed by atoms with E-state index in [0.717, 1.165) is 6.42 Å². The lowest BCUT2D eigenvalue weighted by molar-refractivity contribution is 0.551. The smallest absolute Gasteiger partial charge is 0.153 e. The summed E-state index contributed by atoms with van der Waals surface area (Å²) in [6, 6.07) is 0. The Morgan fingerprint density at radius 2 is 1.79 bits per heavy atom. The summed E-state index contributed by atoms with van der Waals surface area (Å²) >= 11 is 0. The SMILES string of the molecule is CCC(CCN)S(=O)(=O)CCC(C)C. The molecule has 0 aliphatic heterocycles. The molecule has 0 aromatic rings. The van der Waals surface area contributed by atoms with E-state index in [2.05, 4.69) is 0 Å². The van der Waals surface area contributed by atoms with Crippen LogP contribution in [0.3, 0.4) is 0 Å². The fourth-order valence-electron chi connectivity index (χ4n) is 1.39. The number of hydrogen-bond acceptors (Lipinski definition) is 3. The van der Waals surface area contributed by atoms with Gasteiger partial charge in [0, 0.05) is 0 Å². The summed E-state index contributed by atoms with van der Waals surface area (Å²) in [5.74, 6) is 0.753. The van der Waals surface area contributed by atoms with E-state index in [1.54, 1.807) is 0 Å². The summed E-state index contributed by atoms with van der Waals surface area (Å²) < 4.78 is 23.6. The maximum absolute atomic E-state index is 11.8. The molecule has 0 aromatic heterocycles. The second-order valence-electron chi connectivity index (χ2n) is 4.16. The first-order chi connectivity index (χ1) is 6.44. The molecule has 0 saturated carbocycles. The summed E-state index contributed by atoms with van der Waals surface area (Å²) in [7, 11) is -2.91. The third kappa shape index (κ3) is 4.96. The van der Waals surface area contributed by atoms with Crippen molar-refractivity contribution in [2.75, 3.05) is 12.3 Å². The molecule has 0 aliphatic rings. The normalized spacial score (nSPS) is 14.6. The molecule has 0 spiro atoms. The zero-order valence-electron chi connectivity index (χ0n) is 9.49. The van der Waals surface area contributed by atoms with E-state index in [9.17, 15) is 8.42 Å². The van der Waals surface area contributed by atoms with Crippen molar-refractivity contribution in [3.05, 3.63) is 0 Å². The highest BCUT2D eigenvalue weighted by atomic mass is 32.2. The van der Waals surface area contributed by atoms with Gasteiger partial charge in [0.2, 0.25) is 0 Å². The lowest BCUT2D eigenvalue weighted by atomic mass is 10.2. The molecule has 0 rings (SSSR count). The third-order valence-corrected chi connectivity index (χ3v) is 4.82. The van der Waals surface area contributed by atoms with E-state index in [1.165, 1.54) is 0 Å². The molecule has 0 amide bonds. The second-order valence-corrected chi connectivity index (χ2v) is 6.56. The molecule has 0 aliphatic carbocycles. The lowest BCUT2D eigenvalue weighted by Crippen LogP contribution is -2.26. The van der Waals surface area contributed by atoms with Crippen LogP contribution in [-0.4, -0.2) is 26.0 Å². The van der Waals surface area contributed by atoms with Crippen molar-refractivity contribution in [3.63, 3.8) is 0 Å². The van der Waals surface area contributed by atoms with Gasteiger partial charge >= 0.3 is 0 Å². The van der Waals surface area contributed by atoms with Gasteiger partial charge in [-0.25, -0.2) is 8.42 Å². The maximum atomic E-state index is 11.8. The van der Waals surface area contributed by atoms with Crippen LogP contribution in [-0.2, 0) is 9.84 Å². The van der Waals surface area contributed by atoms with Crippen molar-refractivity contribution in [2.45, 2.75) is 45.3 Å². The van der Waals surface area contributed by atoms with E-state index in [-0.39, 0.29) is 5.25 Å². The molecule has 0 saturated heterocycles. The molecule has 0 radical (unpaired) electrons. The molecule has 0 bridgehead atoms. The second kappa shape index (κ2) is 6.40. The Morgan fingerprint density at radius 1 is 1.21 bits per heavy atom. The van der Waals surface area contributed by atoms with Crippen LogP contribution >= 0.6 is 0 Å². The zero-order chi connectivity index (χ0) is 11.2. The van der Waals surface area contributed by atoms with Crippen LogP contribution in [0.25, 0.3) is 0 Å². The van der Waals surface area contributed by atoms with Crippen LogP contribution in [0.4, 0.5) is 0 Å². The van der Waals surface area contributed by atoms with Crippen molar-refractivity contribution >= 4 is 9.84 Å². The van der Waals surface area contributed by atoms with Crippen LogP contribution in [0.15, 0.2) is 0 Å². The van der Waals surface area contributed by atoms with Gasteiger partial charge in [-0.3, -0.25) is 0 Å². The Kier molecular flexibility index (Phi) is 6.36. The number of rotatable bonds is 7. The zero-order valence-corrected chi connectivity index (χ0v) is 10.3. The molecule has 14 heavy (non-hydrogen) atoms. The predicted octanol–water partition coefficient (Wildman–Crippen LogP) is 1.57. The Balaban J connectivity index is 4.27. The molecule has 3 nitrogen and oxygen atoms in total. The topological polar surface area (TPSA) is 60.2 Å². The summed E-state index contributed by atoms with van der Waals surface area (Å²) in [5, 5.41) is -0.230. The quantitative estimate of drug-likeness (QED) is 0.710. The minimum atomic E-state index is -2.91. The first-order valence-corrected chi connectivity index (χ1v) is 7.07. The molecule has 86 valence electrons. The average molecular weight is 221 g/mol.